The monoisotopic (exact) mass is 282 g/mol. The van der Waals surface area contributed by atoms with Gasteiger partial charge in [0.25, 0.3) is 5.91 Å². The highest BCUT2D eigenvalue weighted by Gasteiger charge is 2.09. The molecule has 2 rings (SSSR count). The molecule has 3 nitrogen and oxygen atoms in total. The van der Waals surface area contributed by atoms with E-state index in [0.717, 1.165) is 17.8 Å². The average molecular weight is 282 g/mol. The van der Waals surface area contributed by atoms with Crippen molar-refractivity contribution in [2.24, 2.45) is 0 Å². The summed E-state index contributed by atoms with van der Waals surface area (Å²) in [6, 6.07) is 15.6. The third-order valence-corrected chi connectivity index (χ3v) is 3.47. The molecule has 0 aliphatic heterocycles. The van der Waals surface area contributed by atoms with Gasteiger partial charge in [0.2, 0.25) is 0 Å². The van der Waals surface area contributed by atoms with Gasteiger partial charge >= 0.3 is 0 Å². The summed E-state index contributed by atoms with van der Waals surface area (Å²) in [5, 5.41) is 6.09. The fraction of sp³-hybridized carbons (Fsp3) is 0.278. The molecule has 0 heterocycles. The van der Waals surface area contributed by atoms with Gasteiger partial charge in [0, 0.05) is 17.8 Å². The summed E-state index contributed by atoms with van der Waals surface area (Å²) in [4.78, 5) is 12.3. The fourth-order valence-electron chi connectivity index (χ4n) is 2.20. The smallest absolute Gasteiger partial charge is 0.255 e. The van der Waals surface area contributed by atoms with Crippen LogP contribution >= 0.6 is 0 Å². The van der Waals surface area contributed by atoms with E-state index in [1.54, 1.807) is 0 Å². The molecule has 21 heavy (non-hydrogen) atoms. The van der Waals surface area contributed by atoms with E-state index in [9.17, 15) is 4.79 Å². The van der Waals surface area contributed by atoms with Gasteiger partial charge in [-0.15, -0.1) is 0 Å². The molecule has 0 radical (unpaired) electrons. The number of nitrogens with one attached hydrogen (secondary N) is 2. The Labute approximate surface area is 126 Å². The number of anilines is 1. The molecule has 1 amide bonds. The van der Waals surface area contributed by atoms with E-state index in [0.29, 0.717) is 11.5 Å². The molecule has 110 valence electrons. The maximum Gasteiger partial charge on any atom is 0.255 e. The summed E-state index contributed by atoms with van der Waals surface area (Å²) in [6.07, 6.45) is 0. The summed E-state index contributed by atoms with van der Waals surface area (Å²) in [5.74, 6) is 0.396. The zero-order chi connectivity index (χ0) is 15.2. The number of carbonyl (C=O) groups is 1. The van der Waals surface area contributed by atoms with Crippen LogP contribution in [0.5, 0.6) is 0 Å². The molecule has 0 atom stereocenters. The van der Waals surface area contributed by atoms with Gasteiger partial charge in [-0.1, -0.05) is 44.2 Å². The Morgan fingerprint density at radius 1 is 1.05 bits per heavy atom. The van der Waals surface area contributed by atoms with Crippen LogP contribution in [0.4, 0.5) is 5.69 Å². The van der Waals surface area contributed by atoms with Crippen molar-refractivity contribution < 1.29 is 4.79 Å². The second-order valence-electron chi connectivity index (χ2n) is 5.42. The molecule has 0 aliphatic rings. The van der Waals surface area contributed by atoms with Gasteiger partial charge in [0.05, 0.1) is 0 Å². The summed E-state index contributed by atoms with van der Waals surface area (Å²) in [5.41, 5.74) is 3.85. The van der Waals surface area contributed by atoms with Crippen molar-refractivity contribution in [3.8, 4) is 0 Å². The van der Waals surface area contributed by atoms with Gasteiger partial charge in [-0.05, 0) is 42.3 Å². The molecule has 0 saturated heterocycles. The summed E-state index contributed by atoms with van der Waals surface area (Å²) in [6.45, 7) is 5.01. The predicted molar refractivity (Wildman–Crippen MR) is 87.7 cm³/mol. The van der Waals surface area contributed by atoms with Gasteiger partial charge in [-0.3, -0.25) is 4.79 Å². The maximum atomic E-state index is 12.3. The molecule has 0 bridgehead atoms. The van der Waals surface area contributed by atoms with Crippen molar-refractivity contribution in [1.82, 2.24) is 5.32 Å². The number of amides is 1. The van der Waals surface area contributed by atoms with Gasteiger partial charge in [0.1, 0.15) is 0 Å². The van der Waals surface area contributed by atoms with Crippen molar-refractivity contribution in [2.75, 3.05) is 12.4 Å². The minimum atomic E-state index is -0.0751. The van der Waals surface area contributed by atoms with Crippen LogP contribution in [0.3, 0.4) is 0 Å². The Morgan fingerprint density at radius 3 is 2.33 bits per heavy atom. The Kier molecular flexibility index (Phi) is 5.12. The van der Waals surface area contributed by atoms with Crippen molar-refractivity contribution in [1.29, 1.82) is 0 Å². The van der Waals surface area contributed by atoms with Crippen LogP contribution < -0.4 is 10.6 Å². The molecule has 0 aliphatic carbocycles. The van der Waals surface area contributed by atoms with E-state index >= 15 is 0 Å². The first-order valence-corrected chi connectivity index (χ1v) is 7.25. The third kappa shape index (κ3) is 3.92. The quantitative estimate of drug-likeness (QED) is 0.876. The minimum absolute atomic E-state index is 0.0751. The van der Waals surface area contributed by atoms with E-state index < -0.39 is 0 Å². The fourth-order valence-corrected chi connectivity index (χ4v) is 2.20. The van der Waals surface area contributed by atoms with Crippen LogP contribution in [0.15, 0.2) is 48.5 Å². The Balaban J connectivity index is 2.14. The van der Waals surface area contributed by atoms with Gasteiger partial charge in [-0.2, -0.15) is 0 Å². The second-order valence-corrected chi connectivity index (χ2v) is 5.42. The second kappa shape index (κ2) is 7.04. The molecular weight excluding hydrogens is 260 g/mol. The number of carbonyl (C=O) groups excluding carboxylic acids is 1. The summed E-state index contributed by atoms with van der Waals surface area (Å²) in [7, 11) is 1.89. The predicted octanol–water partition coefficient (Wildman–Crippen LogP) is 3.78. The van der Waals surface area contributed by atoms with Crippen molar-refractivity contribution in [2.45, 2.75) is 26.3 Å². The molecule has 0 aromatic heterocycles. The van der Waals surface area contributed by atoms with Gasteiger partial charge in [-0.25, -0.2) is 0 Å². The van der Waals surface area contributed by atoms with Crippen LogP contribution in [0.2, 0.25) is 0 Å². The van der Waals surface area contributed by atoms with Crippen LogP contribution in [0.25, 0.3) is 0 Å². The van der Waals surface area contributed by atoms with Gasteiger partial charge < -0.3 is 10.6 Å². The highest BCUT2D eigenvalue weighted by Crippen LogP contribution is 2.18. The molecule has 2 N–H and O–H groups in total. The molecule has 0 saturated carbocycles. The first-order valence-electron chi connectivity index (χ1n) is 7.25. The molecule has 0 spiro atoms. The number of benzene rings is 2. The zero-order valence-corrected chi connectivity index (χ0v) is 12.8. The van der Waals surface area contributed by atoms with Crippen molar-refractivity contribution in [3.05, 3.63) is 65.2 Å². The van der Waals surface area contributed by atoms with Crippen LogP contribution in [0.1, 0.15) is 41.3 Å². The van der Waals surface area contributed by atoms with E-state index in [2.05, 4.69) is 24.5 Å². The number of hydrogen-bond donors (Lipinski definition) is 2. The van der Waals surface area contributed by atoms with E-state index in [1.165, 1.54) is 5.56 Å². The Hall–Kier alpha value is -2.13. The van der Waals surface area contributed by atoms with E-state index in [-0.39, 0.29) is 5.91 Å². The van der Waals surface area contributed by atoms with Gasteiger partial charge in [0.15, 0.2) is 0 Å². The average Bonchev–Trinajstić information content (AvgIpc) is 2.49. The van der Waals surface area contributed by atoms with E-state index in [1.807, 2.05) is 55.6 Å². The van der Waals surface area contributed by atoms with Crippen molar-refractivity contribution >= 4 is 11.6 Å². The minimum Gasteiger partial charge on any atom is -0.322 e. The molecule has 0 fully saturated rings. The Morgan fingerprint density at radius 2 is 1.71 bits per heavy atom. The Bertz CT molecular complexity index is 603. The number of hydrogen-bond acceptors (Lipinski definition) is 2. The highest BCUT2D eigenvalue weighted by atomic mass is 16.1. The first-order chi connectivity index (χ1) is 10.1. The van der Waals surface area contributed by atoms with Crippen LogP contribution in [-0.4, -0.2) is 13.0 Å². The topological polar surface area (TPSA) is 41.1 Å². The molecule has 3 heteroatoms. The van der Waals surface area contributed by atoms with Crippen LogP contribution in [0, 0.1) is 0 Å². The molecular formula is C18H22N2O. The largest absolute Gasteiger partial charge is 0.322 e. The normalized spacial score (nSPS) is 10.7. The lowest BCUT2D eigenvalue weighted by Crippen LogP contribution is -2.15. The summed E-state index contributed by atoms with van der Waals surface area (Å²) < 4.78 is 0. The lowest BCUT2D eigenvalue weighted by molar-refractivity contribution is 0.102. The highest BCUT2D eigenvalue weighted by molar-refractivity contribution is 6.04. The first kappa shape index (κ1) is 15.3. The maximum absolute atomic E-state index is 12.3. The standard InChI is InChI=1S/C18H22N2O/c1-13(2)14-8-10-15(11-9-14)18(21)20-17-7-5-4-6-16(17)12-19-3/h4-11,13,19H,12H2,1-3H3,(H,20,21). The lowest BCUT2D eigenvalue weighted by Gasteiger charge is -2.11. The summed E-state index contributed by atoms with van der Waals surface area (Å²) >= 11 is 0. The number of rotatable bonds is 5. The molecule has 0 unspecified atom stereocenters. The van der Waals surface area contributed by atoms with Crippen LogP contribution in [-0.2, 0) is 6.54 Å². The SMILES string of the molecule is CNCc1ccccc1NC(=O)c1ccc(C(C)C)cc1. The zero-order valence-electron chi connectivity index (χ0n) is 12.8. The molecule has 2 aromatic carbocycles. The van der Waals surface area contributed by atoms with Crippen molar-refractivity contribution in [3.63, 3.8) is 0 Å². The number of para-hydroxylation sites is 1. The lowest BCUT2D eigenvalue weighted by atomic mass is 10.0. The third-order valence-electron chi connectivity index (χ3n) is 3.47. The van der Waals surface area contributed by atoms with E-state index in [4.69, 9.17) is 0 Å². The molecule has 2 aromatic rings.